The molecule has 0 amide bonds. The van der Waals surface area contributed by atoms with Gasteiger partial charge in [-0.25, -0.2) is 0 Å². The predicted octanol–water partition coefficient (Wildman–Crippen LogP) is -0.0227. The van der Waals surface area contributed by atoms with E-state index in [1.807, 2.05) is 0 Å². The molecule has 0 radical (unpaired) electrons. The molecule has 0 aromatic carbocycles. The summed E-state index contributed by atoms with van der Waals surface area (Å²) in [5.41, 5.74) is 6.11. The van der Waals surface area contributed by atoms with Crippen molar-refractivity contribution in [1.29, 1.82) is 0 Å². The van der Waals surface area contributed by atoms with Crippen molar-refractivity contribution in [3.8, 4) is 0 Å². The third kappa shape index (κ3) is 2.65. The predicted molar refractivity (Wildman–Crippen MR) is 52.7 cm³/mol. The van der Waals surface area contributed by atoms with Crippen molar-refractivity contribution in [1.82, 2.24) is 9.78 Å². The summed E-state index contributed by atoms with van der Waals surface area (Å²) in [5, 5.41) is 6.80. The number of nitrogens with one attached hydrogen (secondary N) is 1. The molecule has 6 nitrogen and oxygen atoms in total. The molecule has 0 bridgehead atoms. The lowest BCUT2D eigenvalue weighted by Crippen LogP contribution is -2.17. The van der Waals surface area contributed by atoms with E-state index in [2.05, 4.69) is 10.4 Å². The summed E-state index contributed by atoms with van der Waals surface area (Å²) in [6.07, 6.45) is 1.66. The van der Waals surface area contributed by atoms with Gasteiger partial charge in [0.05, 0.1) is 12.3 Å². The van der Waals surface area contributed by atoms with Crippen molar-refractivity contribution in [3.05, 3.63) is 6.20 Å². The number of carbonyl (C=O) groups is 1. The second-order valence-electron chi connectivity index (χ2n) is 2.77. The molecule has 1 aromatic rings. The van der Waals surface area contributed by atoms with Gasteiger partial charge >= 0.3 is 5.97 Å². The summed E-state index contributed by atoms with van der Waals surface area (Å²) >= 11 is 0. The van der Waals surface area contributed by atoms with Crippen LogP contribution < -0.4 is 11.1 Å². The van der Waals surface area contributed by atoms with Crippen LogP contribution in [0.5, 0.6) is 0 Å². The number of rotatable bonds is 4. The lowest BCUT2D eigenvalue weighted by molar-refractivity contribution is -0.140. The summed E-state index contributed by atoms with van der Waals surface area (Å²) in [6, 6.07) is 0. The number of hydrogen-bond donors (Lipinski definition) is 2. The van der Waals surface area contributed by atoms with Crippen LogP contribution in [0.15, 0.2) is 6.20 Å². The number of carbonyl (C=O) groups excluding carboxylic acids is 1. The van der Waals surface area contributed by atoms with Gasteiger partial charge in [-0.05, 0) is 6.92 Å². The van der Waals surface area contributed by atoms with Crippen LogP contribution in [0.4, 0.5) is 11.5 Å². The molecule has 78 valence electrons. The molecule has 6 heteroatoms. The van der Waals surface area contributed by atoms with Crippen LogP contribution in [-0.2, 0) is 16.6 Å². The number of nitrogen functional groups attached to an aromatic ring is 1. The number of aryl methyl sites for hydroxylation is 1. The van der Waals surface area contributed by atoms with Gasteiger partial charge in [0.2, 0.25) is 0 Å². The highest BCUT2D eigenvalue weighted by Crippen LogP contribution is 2.13. The van der Waals surface area contributed by atoms with Crippen LogP contribution >= 0.6 is 0 Å². The van der Waals surface area contributed by atoms with Crippen molar-refractivity contribution < 1.29 is 9.53 Å². The molecule has 0 fully saturated rings. The number of anilines is 2. The molecular formula is C8H14N4O2. The minimum atomic E-state index is -0.322. The molecule has 1 rings (SSSR count). The summed E-state index contributed by atoms with van der Waals surface area (Å²) in [6.45, 7) is 2.21. The Morgan fingerprint density at radius 1 is 1.79 bits per heavy atom. The van der Waals surface area contributed by atoms with Crippen LogP contribution in [0.1, 0.15) is 6.92 Å². The summed E-state index contributed by atoms with van der Waals surface area (Å²) < 4.78 is 6.31. The molecular weight excluding hydrogens is 184 g/mol. The molecule has 0 atom stereocenters. The zero-order chi connectivity index (χ0) is 10.6. The minimum absolute atomic E-state index is 0.0784. The van der Waals surface area contributed by atoms with E-state index in [0.717, 1.165) is 0 Å². The highest BCUT2D eigenvalue weighted by Gasteiger charge is 2.06. The Morgan fingerprint density at radius 3 is 3.00 bits per heavy atom. The fourth-order valence-corrected chi connectivity index (χ4v) is 1.01. The van der Waals surface area contributed by atoms with Crippen LogP contribution in [0, 0.1) is 0 Å². The van der Waals surface area contributed by atoms with Gasteiger partial charge in [-0.1, -0.05) is 0 Å². The van der Waals surface area contributed by atoms with E-state index in [1.165, 1.54) is 0 Å². The monoisotopic (exact) mass is 198 g/mol. The topological polar surface area (TPSA) is 82.2 Å². The third-order valence-electron chi connectivity index (χ3n) is 1.56. The SMILES string of the molecule is CCOC(=O)CNc1nn(C)cc1N. The Balaban J connectivity index is 2.45. The number of ether oxygens (including phenoxy) is 1. The molecule has 0 aliphatic heterocycles. The van der Waals surface area contributed by atoms with Gasteiger partial charge in [0, 0.05) is 13.2 Å². The van der Waals surface area contributed by atoms with Crippen molar-refractivity contribution in [3.63, 3.8) is 0 Å². The molecule has 0 aliphatic carbocycles. The van der Waals surface area contributed by atoms with Gasteiger partial charge in [-0.2, -0.15) is 5.10 Å². The normalized spacial score (nSPS) is 9.86. The first-order valence-electron chi connectivity index (χ1n) is 4.32. The fraction of sp³-hybridized carbons (Fsp3) is 0.500. The Bertz CT molecular complexity index is 321. The highest BCUT2D eigenvalue weighted by molar-refractivity contribution is 5.76. The largest absolute Gasteiger partial charge is 0.465 e. The molecule has 1 aromatic heterocycles. The van der Waals surface area contributed by atoms with E-state index in [9.17, 15) is 4.79 Å². The van der Waals surface area contributed by atoms with Crippen molar-refractivity contribution in [2.45, 2.75) is 6.92 Å². The molecule has 0 unspecified atom stereocenters. The van der Waals surface area contributed by atoms with Crippen molar-refractivity contribution in [2.75, 3.05) is 24.2 Å². The van der Waals surface area contributed by atoms with E-state index in [-0.39, 0.29) is 12.5 Å². The average molecular weight is 198 g/mol. The first-order valence-corrected chi connectivity index (χ1v) is 4.32. The van der Waals surface area contributed by atoms with E-state index in [1.54, 1.807) is 24.9 Å². The van der Waals surface area contributed by atoms with Gasteiger partial charge < -0.3 is 15.8 Å². The summed E-state index contributed by atoms with van der Waals surface area (Å²) in [7, 11) is 1.76. The number of nitrogens with two attached hydrogens (primary N) is 1. The molecule has 0 aliphatic rings. The van der Waals surface area contributed by atoms with Crippen molar-refractivity contribution in [2.24, 2.45) is 7.05 Å². The zero-order valence-corrected chi connectivity index (χ0v) is 8.28. The first kappa shape index (κ1) is 10.4. The first-order chi connectivity index (χ1) is 6.63. The highest BCUT2D eigenvalue weighted by atomic mass is 16.5. The molecule has 0 saturated heterocycles. The zero-order valence-electron chi connectivity index (χ0n) is 8.28. The van der Waals surface area contributed by atoms with E-state index in [0.29, 0.717) is 18.1 Å². The number of hydrogen-bond acceptors (Lipinski definition) is 5. The van der Waals surface area contributed by atoms with Gasteiger partial charge in [-0.3, -0.25) is 9.48 Å². The van der Waals surface area contributed by atoms with E-state index >= 15 is 0 Å². The van der Waals surface area contributed by atoms with Crippen LogP contribution in [-0.4, -0.2) is 28.9 Å². The maximum atomic E-state index is 11.0. The lowest BCUT2D eigenvalue weighted by Gasteiger charge is -2.03. The maximum Gasteiger partial charge on any atom is 0.325 e. The van der Waals surface area contributed by atoms with Gasteiger partial charge in [-0.15, -0.1) is 0 Å². The van der Waals surface area contributed by atoms with Gasteiger partial charge in [0.1, 0.15) is 6.54 Å². The number of esters is 1. The standard InChI is InChI=1S/C8H14N4O2/c1-3-14-7(13)4-10-8-6(9)5-12(2)11-8/h5H,3-4,9H2,1-2H3,(H,10,11). The van der Waals surface area contributed by atoms with Crippen LogP contribution in [0.2, 0.25) is 0 Å². The summed E-state index contributed by atoms with van der Waals surface area (Å²) in [5.74, 6) is 0.179. The second-order valence-corrected chi connectivity index (χ2v) is 2.77. The smallest absolute Gasteiger partial charge is 0.325 e. The fourth-order valence-electron chi connectivity index (χ4n) is 1.01. The maximum absolute atomic E-state index is 11.0. The van der Waals surface area contributed by atoms with Gasteiger partial charge in [0.15, 0.2) is 5.82 Å². The number of nitrogens with zero attached hydrogens (tertiary/aromatic N) is 2. The van der Waals surface area contributed by atoms with E-state index in [4.69, 9.17) is 10.5 Å². The lowest BCUT2D eigenvalue weighted by atomic mass is 10.5. The summed E-state index contributed by atoms with van der Waals surface area (Å²) in [4.78, 5) is 11.0. The Labute approximate surface area is 82.0 Å². The molecule has 14 heavy (non-hydrogen) atoms. The quantitative estimate of drug-likeness (QED) is 0.664. The minimum Gasteiger partial charge on any atom is -0.465 e. The number of aromatic nitrogens is 2. The molecule has 0 spiro atoms. The second kappa shape index (κ2) is 4.50. The Kier molecular flexibility index (Phi) is 3.33. The van der Waals surface area contributed by atoms with Gasteiger partial charge in [0.25, 0.3) is 0 Å². The van der Waals surface area contributed by atoms with Crippen molar-refractivity contribution >= 4 is 17.5 Å². The third-order valence-corrected chi connectivity index (χ3v) is 1.56. The van der Waals surface area contributed by atoms with Crippen LogP contribution in [0.25, 0.3) is 0 Å². The molecule has 1 heterocycles. The average Bonchev–Trinajstić information content (AvgIpc) is 2.42. The van der Waals surface area contributed by atoms with E-state index < -0.39 is 0 Å². The molecule has 3 N–H and O–H groups in total. The Hall–Kier alpha value is -1.72. The van der Waals surface area contributed by atoms with Crippen LogP contribution in [0.3, 0.4) is 0 Å². The Morgan fingerprint density at radius 2 is 2.50 bits per heavy atom. The molecule has 0 saturated carbocycles.